The van der Waals surface area contributed by atoms with Crippen LogP contribution >= 0.6 is 0 Å². The number of aromatic nitrogens is 3. The van der Waals surface area contributed by atoms with Gasteiger partial charge >= 0.3 is 5.69 Å². The molecule has 1 aromatic heterocycles. The first-order valence-electron chi connectivity index (χ1n) is 8.20. The van der Waals surface area contributed by atoms with Crippen molar-refractivity contribution in [3.63, 3.8) is 0 Å². The highest BCUT2D eigenvalue weighted by Crippen LogP contribution is 2.10. The van der Waals surface area contributed by atoms with Crippen molar-refractivity contribution in [1.82, 2.24) is 14.8 Å². The lowest BCUT2D eigenvalue weighted by Gasteiger charge is -2.08. The van der Waals surface area contributed by atoms with Crippen LogP contribution in [0.25, 0.3) is 17.3 Å². The van der Waals surface area contributed by atoms with Crippen molar-refractivity contribution in [2.75, 3.05) is 6.61 Å². The van der Waals surface area contributed by atoms with Gasteiger partial charge in [-0.2, -0.15) is 9.78 Å². The molecule has 0 aliphatic heterocycles. The second kappa shape index (κ2) is 8.22. The average Bonchev–Trinajstić information content (AvgIpc) is 2.65. The molecule has 0 amide bonds. The number of ether oxygens (including phenoxy) is 1. The number of nitrogens with one attached hydrogen (secondary N) is 1. The van der Waals surface area contributed by atoms with Gasteiger partial charge in [0, 0.05) is 5.56 Å². The van der Waals surface area contributed by atoms with E-state index >= 15 is 0 Å². The normalized spacial score (nSPS) is 11.5. The fourth-order valence-corrected chi connectivity index (χ4v) is 2.47. The van der Waals surface area contributed by atoms with Gasteiger partial charge in [-0.15, -0.1) is 0 Å². The van der Waals surface area contributed by atoms with E-state index < -0.39 is 11.2 Å². The summed E-state index contributed by atoms with van der Waals surface area (Å²) < 4.78 is 6.69. The molecule has 0 radical (unpaired) electrons. The van der Waals surface area contributed by atoms with Crippen molar-refractivity contribution in [1.29, 1.82) is 0 Å². The molecule has 0 unspecified atom stereocenters. The largest absolute Gasteiger partial charge is 0.355 e. The van der Waals surface area contributed by atoms with Gasteiger partial charge in [0.05, 0.1) is 6.61 Å². The van der Waals surface area contributed by atoms with Gasteiger partial charge in [0.15, 0.2) is 5.69 Å². The Labute approximate surface area is 150 Å². The molecule has 0 aliphatic rings. The quantitative estimate of drug-likeness (QED) is 0.742. The van der Waals surface area contributed by atoms with Crippen LogP contribution in [0.5, 0.6) is 0 Å². The lowest BCUT2D eigenvalue weighted by Crippen LogP contribution is -2.34. The van der Waals surface area contributed by atoms with Gasteiger partial charge in [-0.3, -0.25) is 9.78 Å². The molecule has 0 spiro atoms. The van der Waals surface area contributed by atoms with E-state index in [1.54, 1.807) is 24.3 Å². The van der Waals surface area contributed by atoms with Crippen molar-refractivity contribution in [2.45, 2.75) is 13.7 Å². The van der Waals surface area contributed by atoms with E-state index in [0.29, 0.717) is 12.2 Å². The molecule has 26 heavy (non-hydrogen) atoms. The Hall–Kier alpha value is -3.25. The van der Waals surface area contributed by atoms with Gasteiger partial charge in [-0.05, 0) is 18.1 Å². The van der Waals surface area contributed by atoms with Crippen LogP contribution in [-0.2, 0) is 11.5 Å². The van der Waals surface area contributed by atoms with Gasteiger partial charge in [0.2, 0.25) is 0 Å². The Balaban J connectivity index is 1.71. The third kappa shape index (κ3) is 4.43. The van der Waals surface area contributed by atoms with E-state index in [9.17, 15) is 9.59 Å². The van der Waals surface area contributed by atoms with Crippen molar-refractivity contribution in [2.24, 2.45) is 0 Å². The molecule has 6 nitrogen and oxygen atoms in total. The van der Waals surface area contributed by atoms with Crippen molar-refractivity contribution >= 4 is 6.08 Å². The third-order valence-corrected chi connectivity index (χ3v) is 3.69. The van der Waals surface area contributed by atoms with E-state index in [-0.39, 0.29) is 12.4 Å². The molecule has 6 heteroatoms. The summed E-state index contributed by atoms with van der Waals surface area (Å²) in [5, 5.41) is 4.14. The summed E-state index contributed by atoms with van der Waals surface area (Å²) in [5.41, 5.74) is 1.81. The minimum absolute atomic E-state index is 0.0462. The minimum atomic E-state index is -0.598. The highest BCUT2D eigenvalue weighted by atomic mass is 16.5. The first-order valence-corrected chi connectivity index (χ1v) is 8.20. The molecule has 0 atom stereocenters. The van der Waals surface area contributed by atoms with Gasteiger partial charge in [-0.25, -0.2) is 4.79 Å². The van der Waals surface area contributed by atoms with Gasteiger partial charge in [0.25, 0.3) is 5.56 Å². The zero-order valence-electron chi connectivity index (χ0n) is 14.4. The maximum absolute atomic E-state index is 12.0. The molecule has 1 heterocycles. The van der Waals surface area contributed by atoms with Crippen LogP contribution in [0.2, 0.25) is 0 Å². The second-order valence-electron chi connectivity index (χ2n) is 5.85. The standard InChI is InChI=1S/C20H19N3O3/c1-15(12-16-8-4-2-5-9-16)13-26-14-23-20(25)21-19(24)18(22-23)17-10-6-3-7-11-17/h2-12H,13-14H2,1H3,(H,21,24,25)/b15-12+. The Morgan fingerprint density at radius 3 is 2.42 bits per heavy atom. The zero-order valence-corrected chi connectivity index (χ0v) is 14.4. The molecule has 0 saturated carbocycles. The molecule has 132 valence electrons. The number of hydrogen-bond donors (Lipinski definition) is 1. The molecule has 2 aromatic carbocycles. The van der Waals surface area contributed by atoms with E-state index in [4.69, 9.17) is 4.74 Å². The number of hydrogen-bond acceptors (Lipinski definition) is 4. The van der Waals surface area contributed by atoms with Crippen LogP contribution in [0.4, 0.5) is 0 Å². The summed E-state index contributed by atoms with van der Waals surface area (Å²) in [6.07, 6.45) is 2.01. The smallest absolute Gasteiger partial charge is 0.347 e. The molecule has 3 aromatic rings. The monoisotopic (exact) mass is 349 g/mol. The van der Waals surface area contributed by atoms with E-state index in [1.165, 1.54) is 0 Å². The Kier molecular flexibility index (Phi) is 5.56. The van der Waals surface area contributed by atoms with Gasteiger partial charge in [-0.1, -0.05) is 66.7 Å². The Morgan fingerprint density at radius 1 is 1.08 bits per heavy atom. The molecule has 0 fully saturated rings. The van der Waals surface area contributed by atoms with Crippen LogP contribution < -0.4 is 11.2 Å². The summed E-state index contributed by atoms with van der Waals surface area (Å²) in [6, 6.07) is 18.9. The van der Waals surface area contributed by atoms with Crippen LogP contribution in [0.3, 0.4) is 0 Å². The minimum Gasteiger partial charge on any atom is -0.355 e. The summed E-state index contributed by atoms with van der Waals surface area (Å²) in [4.78, 5) is 26.2. The fourth-order valence-electron chi connectivity index (χ4n) is 2.47. The maximum Gasteiger partial charge on any atom is 0.347 e. The molecule has 1 N–H and O–H groups in total. The summed E-state index contributed by atoms with van der Waals surface area (Å²) in [7, 11) is 0. The molecular weight excluding hydrogens is 330 g/mol. The first-order chi connectivity index (χ1) is 12.6. The number of H-pyrrole nitrogens is 1. The average molecular weight is 349 g/mol. The van der Waals surface area contributed by atoms with E-state index in [0.717, 1.165) is 15.8 Å². The summed E-state index contributed by atoms with van der Waals surface area (Å²) in [5.74, 6) is 0. The van der Waals surface area contributed by atoms with Crippen molar-refractivity contribution in [3.8, 4) is 11.3 Å². The Morgan fingerprint density at radius 2 is 1.73 bits per heavy atom. The molecular formula is C20H19N3O3. The van der Waals surface area contributed by atoms with Gasteiger partial charge in [0.1, 0.15) is 6.73 Å². The Bertz CT molecular complexity index is 1010. The highest BCUT2D eigenvalue weighted by Gasteiger charge is 2.08. The lowest BCUT2D eigenvalue weighted by atomic mass is 10.1. The molecule has 3 rings (SSSR count). The fraction of sp³-hybridized carbons (Fsp3) is 0.150. The number of benzene rings is 2. The molecule has 0 aliphatic carbocycles. The maximum atomic E-state index is 12.0. The van der Waals surface area contributed by atoms with E-state index in [2.05, 4.69) is 10.1 Å². The second-order valence-corrected chi connectivity index (χ2v) is 5.85. The SMILES string of the molecule is C/C(=C\c1ccccc1)COCn1nc(-c2ccccc2)c(=O)[nH]c1=O. The molecule has 0 saturated heterocycles. The molecule has 0 bridgehead atoms. The van der Waals surface area contributed by atoms with Gasteiger partial charge < -0.3 is 4.74 Å². The lowest BCUT2D eigenvalue weighted by molar-refractivity contribution is 0.0817. The van der Waals surface area contributed by atoms with Crippen molar-refractivity contribution < 1.29 is 4.74 Å². The van der Waals surface area contributed by atoms with Crippen molar-refractivity contribution in [3.05, 3.63) is 92.6 Å². The topological polar surface area (TPSA) is 77.0 Å². The van der Waals surface area contributed by atoms with Crippen LogP contribution in [0.15, 0.2) is 75.8 Å². The number of nitrogens with zero attached hydrogens (tertiary/aromatic N) is 2. The number of rotatable bonds is 6. The number of aromatic amines is 1. The summed E-state index contributed by atoms with van der Waals surface area (Å²) in [6.45, 7) is 2.25. The van der Waals surface area contributed by atoms with Crippen LogP contribution in [0, 0.1) is 0 Å². The van der Waals surface area contributed by atoms with Crippen LogP contribution in [-0.4, -0.2) is 21.4 Å². The third-order valence-electron chi connectivity index (χ3n) is 3.69. The predicted molar refractivity (Wildman–Crippen MR) is 101 cm³/mol. The van der Waals surface area contributed by atoms with Crippen LogP contribution in [0.1, 0.15) is 12.5 Å². The highest BCUT2D eigenvalue weighted by molar-refractivity contribution is 5.56. The summed E-state index contributed by atoms with van der Waals surface area (Å²) >= 11 is 0. The predicted octanol–water partition coefficient (Wildman–Crippen LogP) is 2.68. The first kappa shape index (κ1) is 17.6. The van der Waals surface area contributed by atoms with E-state index in [1.807, 2.05) is 49.4 Å². The zero-order chi connectivity index (χ0) is 18.4.